The number of carbonyl (C=O) groups excluding carboxylic acids is 3. The van der Waals surface area contributed by atoms with Crippen LogP contribution in [0.2, 0.25) is 0 Å². The first-order chi connectivity index (χ1) is 10.9. The third-order valence-corrected chi connectivity index (χ3v) is 5.02. The highest BCUT2D eigenvalue weighted by atomic mass is 16.2. The summed E-state index contributed by atoms with van der Waals surface area (Å²) in [6.45, 7) is 5.71. The Hall–Kier alpha value is -2.17. The van der Waals surface area contributed by atoms with Gasteiger partial charge < -0.3 is 4.90 Å². The van der Waals surface area contributed by atoms with Crippen molar-refractivity contribution in [1.82, 2.24) is 9.80 Å². The van der Waals surface area contributed by atoms with Gasteiger partial charge in [-0.25, -0.2) is 0 Å². The maximum absolute atomic E-state index is 12.9. The molecule has 5 nitrogen and oxygen atoms in total. The van der Waals surface area contributed by atoms with E-state index in [1.165, 1.54) is 0 Å². The van der Waals surface area contributed by atoms with Crippen LogP contribution in [0.3, 0.4) is 0 Å². The summed E-state index contributed by atoms with van der Waals surface area (Å²) < 4.78 is 0. The van der Waals surface area contributed by atoms with Crippen LogP contribution in [0.1, 0.15) is 60.7 Å². The van der Waals surface area contributed by atoms with Crippen molar-refractivity contribution in [2.24, 2.45) is 0 Å². The molecule has 0 bridgehead atoms. The second kappa shape index (κ2) is 5.80. The first kappa shape index (κ1) is 15.7. The number of rotatable bonds is 2. The van der Waals surface area contributed by atoms with Crippen LogP contribution in [0.15, 0.2) is 24.3 Å². The molecule has 3 rings (SSSR count). The number of hydrogen-bond donors (Lipinski definition) is 0. The molecule has 2 heterocycles. The summed E-state index contributed by atoms with van der Waals surface area (Å²) in [4.78, 5) is 41.0. The minimum atomic E-state index is -0.773. The van der Waals surface area contributed by atoms with Crippen LogP contribution < -0.4 is 0 Å². The highest BCUT2D eigenvalue weighted by Gasteiger charge is 2.43. The van der Waals surface area contributed by atoms with E-state index in [1.54, 1.807) is 31.2 Å². The number of piperidine rings is 1. The molecule has 23 heavy (non-hydrogen) atoms. The van der Waals surface area contributed by atoms with Gasteiger partial charge in [-0.05, 0) is 52.2 Å². The van der Waals surface area contributed by atoms with E-state index in [1.807, 2.05) is 18.7 Å². The number of amides is 3. The lowest BCUT2D eigenvalue weighted by molar-refractivity contribution is -0.141. The fourth-order valence-corrected chi connectivity index (χ4v) is 3.74. The number of hydrogen-bond acceptors (Lipinski definition) is 3. The second-order valence-electron chi connectivity index (χ2n) is 6.58. The molecule has 1 fully saturated rings. The average Bonchev–Trinajstić information content (AvgIpc) is 2.78. The fourth-order valence-electron chi connectivity index (χ4n) is 3.74. The van der Waals surface area contributed by atoms with E-state index < -0.39 is 6.04 Å². The van der Waals surface area contributed by atoms with Crippen LogP contribution in [0, 0.1) is 0 Å². The zero-order valence-electron chi connectivity index (χ0n) is 13.8. The van der Waals surface area contributed by atoms with Gasteiger partial charge in [0.25, 0.3) is 11.8 Å². The normalized spacial score (nSPS) is 25.5. The number of benzene rings is 1. The number of fused-ring (bicyclic) bond motifs is 1. The minimum Gasteiger partial charge on any atom is -0.335 e. The molecular weight excluding hydrogens is 292 g/mol. The van der Waals surface area contributed by atoms with Crippen LogP contribution >= 0.6 is 0 Å². The third-order valence-electron chi connectivity index (χ3n) is 5.02. The first-order valence-electron chi connectivity index (χ1n) is 8.22. The largest absolute Gasteiger partial charge is 0.335 e. The Bertz CT molecular complexity index is 625. The SMILES string of the molecule is C[C@H](C(=O)N1[C@@H](C)CCC[C@@H]1C)N1C(=O)c2ccccc2C1=O. The molecule has 5 heteroatoms. The topological polar surface area (TPSA) is 57.7 Å². The summed E-state index contributed by atoms with van der Waals surface area (Å²) in [6.07, 6.45) is 3.03. The number of imide groups is 1. The molecule has 0 aromatic heterocycles. The molecule has 0 unspecified atom stereocenters. The Morgan fingerprint density at radius 3 is 2.00 bits per heavy atom. The Morgan fingerprint density at radius 1 is 1.04 bits per heavy atom. The van der Waals surface area contributed by atoms with Crippen LogP contribution in [-0.2, 0) is 4.79 Å². The van der Waals surface area contributed by atoms with E-state index in [-0.39, 0.29) is 29.8 Å². The van der Waals surface area contributed by atoms with E-state index in [0.717, 1.165) is 24.2 Å². The summed E-state index contributed by atoms with van der Waals surface area (Å²) in [5, 5.41) is 0. The molecule has 1 aromatic rings. The Balaban J connectivity index is 1.86. The van der Waals surface area contributed by atoms with Gasteiger partial charge in [0.15, 0.2) is 0 Å². The van der Waals surface area contributed by atoms with E-state index in [0.29, 0.717) is 11.1 Å². The van der Waals surface area contributed by atoms with Crippen LogP contribution in [0.4, 0.5) is 0 Å². The molecule has 2 aliphatic heterocycles. The Morgan fingerprint density at radius 2 is 1.52 bits per heavy atom. The van der Waals surface area contributed by atoms with Gasteiger partial charge in [-0.15, -0.1) is 0 Å². The number of carbonyl (C=O) groups is 3. The molecule has 0 radical (unpaired) electrons. The van der Waals surface area contributed by atoms with E-state index in [9.17, 15) is 14.4 Å². The summed E-state index contributed by atoms with van der Waals surface area (Å²) in [5.74, 6) is -0.883. The molecule has 1 saturated heterocycles. The molecule has 3 atom stereocenters. The zero-order valence-corrected chi connectivity index (χ0v) is 13.8. The quantitative estimate of drug-likeness (QED) is 0.788. The minimum absolute atomic E-state index is 0.140. The van der Waals surface area contributed by atoms with Crippen LogP contribution in [-0.4, -0.2) is 45.6 Å². The Kier molecular flexibility index (Phi) is 3.96. The molecule has 0 saturated carbocycles. The maximum atomic E-state index is 12.9. The van der Waals surface area contributed by atoms with Gasteiger partial charge in [0, 0.05) is 12.1 Å². The number of likely N-dealkylation sites (tertiary alicyclic amines) is 1. The molecule has 2 aliphatic rings. The van der Waals surface area contributed by atoms with Gasteiger partial charge in [0.05, 0.1) is 11.1 Å². The molecule has 122 valence electrons. The van der Waals surface area contributed by atoms with E-state index >= 15 is 0 Å². The van der Waals surface area contributed by atoms with E-state index in [2.05, 4.69) is 0 Å². The lowest BCUT2D eigenvalue weighted by Gasteiger charge is -2.41. The van der Waals surface area contributed by atoms with Crippen molar-refractivity contribution in [3.05, 3.63) is 35.4 Å². The summed E-state index contributed by atoms with van der Waals surface area (Å²) in [6, 6.07) is 6.25. The molecule has 0 spiro atoms. The highest BCUT2D eigenvalue weighted by molar-refractivity contribution is 6.22. The van der Waals surface area contributed by atoms with Crippen molar-refractivity contribution in [1.29, 1.82) is 0 Å². The summed E-state index contributed by atoms with van der Waals surface area (Å²) in [5.41, 5.74) is 0.772. The van der Waals surface area contributed by atoms with Gasteiger partial charge >= 0.3 is 0 Å². The van der Waals surface area contributed by atoms with Gasteiger partial charge in [-0.3, -0.25) is 19.3 Å². The van der Waals surface area contributed by atoms with Crippen molar-refractivity contribution >= 4 is 17.7 Å². The van der Waals surface area contributed by atoms with Crippen molar-refractivity contribution in [2.45, 2.75) is 58.2 Å². The lowest BCUT2D eigenvalue weighted by atomic mass is 9.96. The van der Waals surface area contributed by atoms with E-state index in [4.69, 9.17) is 0 Å². The molecule has 0 N–H and O–H groups in total. The predicted octanol–water partition coefficient (Wildman–Crippen LogP) is 2.46. The van der Waals surface area contributed by atoms with Gasteiger partial charge in [-0.2, -0.15) is 0 Å². The van der Waals surface area contributed by atoms with Crippen molar-refractivity contribution in [3.63, 3.8) is 0 Å². The average molecular weight is 314 g/mol. The number of nitrogens with zero attached hydrogens (tertiary/aromatic N) is 2. The third kappa shape index (κ3) is 2.44. The summed E-state index contributed by atoms with van der Waals surface area (Å²) in [7, 11) is 0. The second-order valence-corrected chi connectivity index (χ2v) is 6.58. The maximum Gasteiger partial charge on any atom is 0.262 e. The van der Waals surface area contributed by atoms with Crippen molar-refractivity contribution in [3.8, 4) is 0 Å². The van der Waals surface area contributed by atoms with Crippen molar-refractivity contribution < 1.29 is 14.4 Å². The fraction of sp³-hybridized carbons (Fsp3) is 0.500. The molecular formula is C18H22N2O3. The van der Waals surface area contributed by atoms with Crippen molar-refractivity contribution in [2.75, 3.05) is 0 Å². The molecule has 0 aliphatic carbocycles. The first-order valence-corrected chi connectivity index (χ1v) is 8.22. The van der Waals surface area contributed by atoms with Gasteiger partial charge in [0.1, 0.15) is 6.04 Å². The Labute approximate surface area is 136 Å². The molecule has 1 aromatic carbocycles. The lowest BCUT2D eigenvalue weighted by Crippen LogP contribution is -2.55. The summed E-state index contributed by atoms with van der Waals surface area (Å²) >= 11 is 0. The van der Waals surface area contributed by atoms with Crippen LogP contribution in [0.5, 0.6) is 0 Å². The smallest absolute Gasteiger partial charge is 0.262 e. The zero-order chi connectivity index (χ0) is 16.7. The standard InChI is InChI=1S/C18H22N2O3/c1-11-7-6-8-12(2)19(11)16(21)13(3)20-17(22)14-9-4-5-10-15(14)18(20)23/h4-5,9-13H,6-8H2,1-3H3/t11-,12-,13+/m0/s1. The highest BCUT2D eigenvalue weighted by Crippen LogP contribution is 2.28. The van der Waals surface area contributed by atoms with Crippen LogP contribution in [0.25, 0.3) is 0 Å². The van der Waals surface area contributed by atoms with Gasteiger partial charge in [-0.1, -0.05) is 12.1 Å². The predicted molar refractivity (Wildman–Crippen MR) is 86.0 cm³/mol. The monoisotopic (exact) mass is 314 g/mol. The van der Waals surface area contributed by atoms with Gasteiger partial charge in [0.2, 0.25) is 5.91 Å². The molecule has 3 amide bonds.